The lowest BCUT2D eigenvalue weighted by Crippen LogP contribution is -2.36. The molecule has 1 aliphatic heterocycles. The van der Waals surface area contributed by atoms with E-state index in [0.717, 1.165) is 23.0 Å². The van der Waals surface area contributed by atoms with Gasteiger partial charge in [0.15, 0.2) is 0 Å². The number of hydrogen-bond acceptors (Lipinski definition) is 4. The maximum atomic E-state index is 12.8. The van der Waals surface area contributed by atoms with Crippen molar-refractivity contribution in [3.8, 4) is 0 Å². The highest BCUT2D eigenvalue weighted by Crippen LogP contribution is 2.19. The number of fused-ring (bicyclic) bond motifs is 1. The van der Waals surface area contributed by atoms with Crippen molar-refractivity contribution < 1.29 is 9.53 Å². The first-order valence-electron chi connectivity index (χ1n) is 8.92. The number of benzene rings is 1. The number of aromatic nitrogens is 3. The highest BCUT2D eigenvalue weighted by Gasteiger charge is 2.24. The number of aromatic amines is 1. The Morgan fingerprint density at radius 3 is 3.15 bits per heavy atom. The summed E-state index contributed by atoms with van der Waals surface area (Å²) >= 11 is 0. The first-order valence-corrected chi connectivity index (χ1v) is 8.92. The van der Waals surface area contributed by atoms with Gasteiger partial charge in [0.25, 0.3) is 5.91 Å². The van der Waals surface area contributed by atoms with Gasteiger partial charge in [-0.25, -0.2) is 4.98 Å². The SMILES string of the molecule is Cc1cccc(C(=O)N2CCOC[C@@H](Cc3ccc4[nH]ncc4c3)C2)n1. The predicted molar refractivity (Wildman–Crippen MR) is 99.0 cm³/mol. The van der Waals surface area contributed by atoms with Crippen molar-refractivity contribution in [1.82, 2.24) is 20.1 Å². The number of rotatable bonds is 3. The number of H-pyrrole nitrogens is 1. The number of hydrogen-bond donors (Lipinski definition) is 1. The van der Waals surface area contributed by atoms with E-state index in [4.69, 9.17) is 4.74 Å². The number of nitrogens with one attached hydrogen (secondary N) is 1. The fourth-order valence-electron chi connectivity index (χ4n) is 3.46. The Morgan fingerprint density at radius 2 is 2.27 bits per heavy atom. The van der Waals surface area contributed by atoms with Crippen molar-refractivity contribution in [2.45, 2.75) is 13.3 Å². The van der Waals surface area contributed by atoms with Crippen LogP contribution >= 0.6 is 0 Å². The standard InChI is InChI=1S/C20H22N4O2/c1-14-3-2-4-19(22-14)20(25)24-7-8-26-13-16(12-24)9-15-5-6-18-17(10-15)11-21-23-18/h2-6,10-11,16H,7-9,12-13H2,1H3,(H,21,23)/t16-/m0/s1. The fourth-order valence-corrected chi connectivity index (χ4v) is 3.46. The van der Waals surface area contributed by atoms with Gasteiger partial charge in [0.2, 0.25) is 0 Å². The molecule has 0 bridgehead atoms. The molecule has 1 saturated heterocycles. The third-order valence-corrected chi connectivity index (χ3v) is 4.76. The summed E-state index contributed by atoms with van der Waals surface area (Å²) in [4.78, 5) is 19.1. The molecule has 0 saturated carbocycles. The summed E-state index contributed by atoms with van der Waals surface area (Å²) in [7, 11) is 0. The molecule has 0 radical (unpaired) electrons. The van der Waals surface area contributed by atoms with Crippen LogP contribution in [-0.2, 0) is 11.2 Å². The summed E-state index contributed by atoms with van der Waals surface area (Å²) in [6.45, 7) is 4.41. The Morgan fingerprint density at radius 1 is 1.35 bits per heavy atom. The van der Waals surface area contributed by atoms with Crippen LogP contribution in [-0.4, -0.2) is 52.3 Å². The van der Waals surface area contributed by atoms with Crippen molar-refractivity contribution >= 4 is 16.8 Å². The van der Waals surface area contributed by atoms with E-state index >= 15 is 0 Å². The second-order valence-electron chi connectivity index (χ2n) is 6.85. The Balaban J connectivity index is 1.49. The van der Waals surface area contributed by atoms with Crippen molar-refractivity contribution in [3.63, 3.8) is 0 Å². The number of pyridine rings is 1. The van der Waals surface area contributed by atoms with Crippen LogP contribution in [0.3, 0.4) is 0 Å². The summed E-state index contributed by atoms with van der Waals surface area (Å²) < 4.78 is 5.76. The topological polar surface area (TPSA) is 71.1 Å². The van der Waals surface area contributed by atoms with Gasteiger partial charge in [-0.1, -0.05) is 12.1 Å². The van der Waals surface area contributed by atoms with Crippen LogP contribution < -0.4 is 0 Å². The van der Waals surface area contributed by atoms with Gasteiger partial charge in [-0.2, -0.15) is 5.10 Å². The summed E-state index contributed by atoms with van der Waals surface area (Å²) in [6.07, 6.45) is 2.70. The zero-order valence-electron chi connectivity index (χ0n) is 14.8. The molecular weight excluding hydrogens is 328 g/mol. The fraction of sp³-hybridized carbons (Fsp3) is 0.350. The number of amides is 1. The minimum Gasteiger partial charge on any atom is -0.379 e. The molecule has 0 spiro atoms. The molecule has 4 rings (SSSR count). The van der Waals surface area contributed by atoms with E-state index in [1.807, 2.05) is 30.2 Å². The predicted octanol–water partition coefficient (Wildman–Crippen LogP) is 2.60. The monoisotopic (exact) mass is 350 g/mol. The minimum atomic E-state index is -0.0190. The molecule has 3 heterocycles. The molecule has 134 valence electrons. The van der Waals surface area contributed by atoms with Gasteiger partial charge in [-0.05, 0) is 43.2 Å². The molecular formula is C20H22N4O2. The summed E-state index contributed by atoms with van der Waals surface area (Å²) in [5.74, 6) is 0.241. The number of carbonyl (C=O) groups excluding carboxylic acids is 1. The maximum Gasteiger partial charge on any atom is 0.272 e. The van der Waals surface area contributed by atoms with Gasteiger partial charge in [-0.3, -0.25) is 9.89 Å². The summed E-state index contributed by atoms with van der Waals surface area (Å²) in [5, 5.41) is 8.15. The summed E-state index contributed by atoms with van der Waals surface area (Å²) in [6, 6.07) is 11.9. The minimum absolute atomic E-state index is 0.0190. The van der Waals surface area contributed by atoms with Gasteiger partial charge in [-0.15, -0.1) is 0 Å². The van der Waals surface area contributed by atoms with E-state index in [-0.39, 0.29) is 11.8 Å². The zero-order chi connectivity index (χ0) is 17.9. The molecule has 1 amide bonds. The second kappa shape index (κ2) is 7.25. The molecule has 26 heavy (non-hydrogen) atoms. The van der Waals surface area contributed by atoms with E-state index in [0.29, 0.717) is 32.0 Å². The van der Waals surface area contributed by atoms with E-state index in [1.54, 1.807) is 6.07 Å². The molecule has 3 aromatic rings. The molecule has 0 unspecified atom stereocenters. The molecule has 1 aromatic carbocycles. The lowest BCUT2D eigenvalue weighted by atomic mass is 9.98. The van der Waals surface area contributed by atoms with Crippen molar-refractivity contribution in [2.24, 2.45) is 5.92 Å². The maximum absolute atomic E-state index is 12.8. The van der Waals surface area contributed by atoms with Crippen molar-refractivity contribution in [3.05, 3.63) is 59.5 Å². The van der Waals surface area contributed by atoms with Crippen LogP contribution in [0.25, 0.3) is 10.9 Å². The zero-order valence-corrected chi connectivity index (χ0v) is 14.8. The van der Waals surface area contributed by atoms with Crippen molar-refractivity contribution in [2.75, 3.05) is 26.3 Å². The van der Waals surface area contributed by atoms with Crippen LogP contribution in [0.4, 0.5) is 0 Å². The second-order valence-corrected chi connectivity index (χ2v) is 6.85. The highest BCUT2D eigenvalue weighted by atomic mass is 16.5. The van der Waals surface area contributed by atoms with E-state index in [9.17, 15) is 4.79 Å². The smallest absolute Gasteiger partial charge is 0.272 e. The molecule has 1 fully saturated rings. The quantitative estimate of drug-likeness (QED) is 0.788. The van der Waals surface area contributed by atoms with Gasteiger partial charge in [0.05, 0.1) is 24.9 Å². The highest BCUT2D eigenvalue weighted by molar-refractivity contribution is 5.92. The van der Waals surface area contributed by atoms with Crippen LogP contribution in [0.15, 0.2) is 42.6 Å². The molecule has 2 aromatic heterocycles. The Hall–Kier alpha value is -2.73. The van der Waals surface area contributed by atoms with Crippen LogP contribution in [0.2, 0.25) is 0 Å². The van der Waals surface area contributed by atoms with E-state index in [2.05, 4.69) is 33.4 Å². The molecule has 6 heteroatoms. The largest absolute Gasteiger partial charge is 0.379 e. The summed E-state index contributed by atoms with van der Waals surface area (Å²) in [5.41, 5.74) is 3.63. The third-order valence-electron chi connectivity index (χ3n) is 4.76. The molecule has 1 atom stereocenters. The third kappa shape index (κ3) is 3.60. The van der Waals surface area contributed by atoms with Gasteiger partial charge in [0.1, 0.15) is 5.69 Å². The number of aryl methyl sites for hydroxylation is 1. The first kappa shape index (κ1) is 16.7. The lowest BCUT2D eigenvalue weighted by Gasteiger charge is -2.23. The van der Waals surface area contributed by atoms with E-state index < -0.39 is 0 Å². The number of ether oxygens (including phenoxy) is 1. The first-order chi connectivity index (χ1) is 12.7. The average molecular weight is 350 g/mol. The molecule has 1 aliphatic rings. The average Bonchev–Trinajstić information content (AvgIpc) is 2.99. The molecule has 6 nitrogen and oxygen atoms in total. The normalized spacial score (nSPS) is 18.0. The Kier molecular flexibility index (Phi) is 4.67. The lowest BCUT2D eigenvalue weighted by molar-refractivity contribution is 0.0731. The Bertz CT molecular complexity index is 921. The van der Waals surface area contributed by atoms with Crippen LogP contribution in [0.5, 0.6) is 0 Å². The number of nitrogens with zero attached hydrogens (tertiary/aromatic N) is 3. The van der Waals surface area contributed by atoms with Crippen LogP contribution in [0, 0.1) is 12.8 Å². The van der Waals surface area contributed by atoms with Gasteiger partial charge >= 0.3 is 0 Å². The van der Waals surface area contributed by atoms with Gasteiger partial charge in [0, 0.05) is 30.1 Å². The number of carbonyl (C=O) groups is 1. The molecule has 0 aliphatic carbocycles. The van der Waals surface area contributed by atoms with Gasteiger partial charge < -0.3 is 9.64 Å². The van der Waals surface area contributed by atoms with Crippen molar-refractivity contribution in [1.29, 1.82) is 0 Å². The van der Waals surface area contributed by atoms with E-state index in [1.165, 1.54) is 5.56 Å². The van der Waals surface area contributed by atoms with Crippen LogP contribution in [0.1, 0.15) is 21.7 Å². The Labute approximate surface area is 152 Å². The molecule has 1 N–H and O–H groups in total.